The summed E-state index contributed by atoms with van der Waals surface area (Å²) >= 11 is 0. The Kier molecular flexibility index (Phi) is 1.92. The van der Waals surface area contributed by atoms with Gasteiger partial charge in [-0.3, -0.25) is 0 Å². The van der Waals surface area contributed by atoms with Crippen molar-refractivity contribution in [2.24, 2.45) is 0 Å². The molecular weight excluding hydrogens is 206 g/mol. The highest BCUT2D eigenvalue weighted by atomic mass is 16.5. The zero-order valence-electron chi connectivity index (χ0n) is 8.77. The second kappa shape index (κ2) is 3.41. The monoisotopic (exact) mass is 217 g/mol. The molecule has 0 unspecified atom stereocenters. The summed E-state index contributed by atoms with van der Waals surface area (Å²) in [5.74, 6) is 1.39. The SMILES string of the molecule is COc1cc(-n2ccnc2)c2c(n1)NCN2. The van der Waals surface area contributed by atoms with Crippen molar-refractivity contribution >= 4 is 11.5 Å². The van der Waals surface area contributed by atoms with Gasteiger partial charge in [0.2, 0.25) is 5.88 Å². The third-order valence-electron chi connectivity index (χ3n) is 2.49. The number of fused-ring (bicyclic) bond motifs is 1. The minimum absolute atomic E-state index is 0.582. The van der Waals surface area contributed by atoms with Crippen molar-refractivity contribution < 1.29 is 4.74 Å². The van der Waals surface area contributed by atoms with E-state index in [1.54, 1.807) is 19.6 Å². The Balaban J connectivity index is 2.20. The Morgan fingerprint density at radius 2 is 2.38 bits per heavy atom. The van der Waals surface area contributed by atoms with E-state index in [0.29, 0.717) is 12.5 Å². The number of pyridine rings is 1. The molecule has 82 valence electrons. The third-order valence-corrected chi connectivity index (χ3v) is 2.49. The molecule has 0 radical (unpaired) electrons. The molecule has 3 rings (SSSR count). The summed E-state index contributed by atoms with van der Waals surface area (Å²) in [6, 6.07) is 1.88. The van der Waals surface area contributed by atoms with Gasteiger partial charge < -0.3 is 19.9 Å². The number of hydrogen-bond acceptors (Lipinski definition) is 5. The number of methoxy groups -OCH3 is 1. The first-order valence-corrected chi connectivity index (χ1v) is 4.93. The molecule has 1 aliphatic heterocycles. The van der Waals surface area contributed by atoms with Gasteiger partial charge in [0.05, 0.1) is 25.8 Å². The maximum atomic E-state index is 5.17. The number of rotatable bonds is 2. The Hall–Kier alpha value is -2.24. The highest BCUT2D eigenvalue weighted by Crippen LogP contribution is 2.33. The summed E-state index contributed by atoms with van der Waals surface area (Å²) in [5.41, 5.74) is 1.95. The first-order chi connectivity index (χ1) is 7.88. The number of imidazole rings is 1. The molecule has 0 saturated heterocycles. The minimum Gasteiger partial charge on any atom is -0.481 e. The summed E-state index contributed by atoms with van der Waals surface area (Å²) in [7, 11) is 1.61. The van der Waals surface area contributed by atoms with Crippen molar-refractivity contribution in [3.05, 3.63) is 24.8 Å². The Labute approximate surface area is 92.3 Å². The molecule has 0 amide bonds. The Morgan fingerprint density at radius 1 is 1.44 bits per heavy atom. The summed E-state index contributed by atoms with van der Waals surface area (Å²) in [6.07, 6.45) is 5.37. The molecule has 0 fully saturated rings. The molecule has 1 aliphatic rings. The standard InChI is InChI=1S/C10H11N5O/c1-16-8-4-7(15-3-2-11-6-15)9-10(14-8)13-5-12-9/h2-4,6,12H,5H2,1H3,(H,13,14). The molecule has 0 atom stereocenters. The smallest absolute Gasteiger partial charge is 0.217 e. The lowest BCUT2D eigenvalue weighted by atomic mass is 10.3. The van der Waals surface area contributed by atoms with Gasteiger partial charge in [-0.2, -0.15) is 4.98 Å². The van der Waals surface area contributed by atoms with Crippen LogP contribution in [0.5, 0.6) is 5.88 Å². The van der Waals surface area contributed by atoms with Crippen molar-refractivity contribution in [3.8, 4) is 11.6 Å². The second-order valence-corrected chi connectivity index (χ2v) is 3.41. The molecule has 2 aromatic rings. The predicted molar refractivity (Wildman–Crippen MR) is 60.0 cm³/mol. The van der Waals surface area contributed by atoms with E-state index in [1.165, 1.54) is 0 Å². The van der Waals surface area contributed by atoms with Crippen LogP contribution in [-0.2, 0) is 0 Å². The average Bonchev–Trinajstić information content (AvgIpc) is 2.98. The van der Waals surface area contributed by atoms with Crippen LogP contribution in [0.3, 0.4) is 0 Å². The van der Waals surface area contributed by atoms with E-state index < -0.39 is 0 Å². The quantitative estimate of drug-likeness (QED) is 0.787. The molecule has 16 heavy (non-hydrogen) atoms. The molecule has 2 N–H and O–H groups in total. The van der Waals surface area contributed by atoms with E-state index in [1.807, 2.05) is 16.8 Å². The maximum Gasteiger partial charge on any atom is 0.217 e. The van der Waals surface area contributed by atoms with Crippen LogP contribution in [0.4, 0.5) is 11.5 Å². The van der Waals surface area contributed by atoms with E-state index in [0.717, 1.165) is 17.2 Å². The largest absolute Gasteiger partial charge is 0.481 e. The fraction of sp³-hybridized carbons (Fsp3) is 0.200. The van der Waals surface area contributed by atoms with Crippen LogP contribution in [-0.4, -0.2) is 28.3 Å². The molecule has 3 heterocycles. The predicted octanol–water partition coefficient (Wildman–Crippen LogP) is 1.07. The minimum atomic E-state index is 0.582. The lowest BCUT2D eigenvalue weighted by Crippen LogP contribution is -2.00. The molecule has 6 nitrogen and oxygen atoms in total. The first-order valence-electron chi connectivity index (χ1n) is 4.93. The lowest BCUT2D eigenvalue weighted by molar-refractivity contribution is 0.398. The Bertz CT molecular complexity index is 508. The number of ether oxygens (including phenoxy) is 1. The van der Waals surface area contributed by atoms with Gasteiger partial charge in [0, 0.05) is 18.5 Å². The van der Waals surface area contributed by atoms with Crippen LogP contribution in [0.25, 0.3) is 5.69 Å². The van der Waals surface area contributed by atoms with Gasteiger partial charge in [-0.15, -0.1) is 0 Å². The molecule has 0 aliphatic carbocycles. The van der Waals surface area contributed by atoms with E-state index in [9.17, 15) is 0 Å². The molecular formula is C10H11N5O. The molecule has 0 spiro atoms. The van der Waals surface area contributed by atoms with E-state index in [2.05, 4.69) is 20.6 Å². The highest BCUT2D eigenvalue weighted by molar-refractivity contribution is 5.79. The zero-order chi connectivity index (χ0) is 11.0. The number of hydrogen-bond donors (Lipinski definition) is 2. The summed E-state index contributed by atoms with van der Waals surface area (Å²) in [4.78, 5) is 8.35. The van der Waals surface area contributed by atoms with Crippen LogP contribution >= 0.6 is 0 Å². The number of aromatic nitrogens is 3. The van der Waals surface area contributed by atoms with Crippen molar-refractivity contribution in [1.29, 1.82) is 0 Å². The summed E-state index contributed by atoms with van der Waals surface area (Å²) in [6.45, 7) is 0.678. The first kappa shape index (κ1) is 9.02. The fourth-order valence-corrected chi connectivity index (χ4v) is 1.74. The van der Waals surface area contributed by atoms with Gasteiger partial charge in [-0.25, -0.2) is 4.98 Å². The van der Waals surface area contributed by atoms with Crippen LogP contribution in [0.15, 0.2) is 24.8 Å². The van der Waals surface area contributed by atoms with E-state index >= 15 is 0 Å². The normalized spacial score (nSPS) is 12.8. The van der Waals surface area contributed by atoms with Crippen molar-refractivity contribution in [2.75, 3.05) is 24.4 Å². The van der Waals surface area contributed by atoms with Crippen LogP contribution in [0.2, 0.25) is 0 Å². The van der Waals surface area contributed by atoms with Crippen LogP contribution in [0.1, 0.15) is 0 Å². The number of nitrogens with one attached hydrogen (secondary N) is 2. The van der Waals surface area contributed by atoms with E-state index in [-0.39, 0.29) is 0 Å². The fourth-order valence-electron chi connectivity index (χ4n) is 1.74. The third kappa shape index (κ3) is 1.27. The van der Waals surface area contributed by atoms with Gasteiger partial charge in [0.1, 0.15) is 5.69 Å². The van der Waals surface area contributed by atoms with E-state index in [4.69, 9.17) is 4.74 Å². The summed E-state index contributed by atoms with van der Waals surface area (Å²) < 4.78 is 7.09. The molecule has 6 heteroatoms. The van der Waals surface area contributed by atoms with Gasteiger partial charge in [0.25, 0.3) is 0 Å². The maximum absolute atomic E-state index is 5.17. The van der Waals surface area contributed by atoms with Crippen molar-refractivity contribution in [2.45, 2.75) is 0 Å². The molecule has 0 bridgehead atoms. The molecule has 2 aromatic heterocycles. The van der Waals surface area contributed by atoms with Gasteiger partial charge in [-0.1, -0.05) is 0 Å². The van der Waals surface area contributed by atoms with Crippen LogP contribution in [0, 0.1) is 0 Å². The summed E-state index contributed by atoms with van der Waals surface area (Å²) in [5, 5.41) is 6.37. The van der Waals surface area contributed by atoms with Crippen molar-refractivity contribution in [3.63, 3.8) is 0 Å². The highest BCUT2D eigenvalue weighted by Gasteiger charge is 2.18. The van der Waals surface area contributed by atoms with Gasteiger partial charge in [0.15, 0.2) is 5.82 Å². The Morgan fingerprint density at radius 3 is 3.12 bits per heavy atom. The second-order valence-electron chi connectivity index (χ2n) is 3.41. The molecule has 0 saturated carbocycles. The molecule has 0 aromatic carbocycles. The number of nitrogens with zero attached hydrogens (tertiary/aromatic N) is 3. The van der Waals surface area contributed by atoms with Gasteiger partial charge >= 0.3 is 0 Å². The number of anilines is 2. The van der Waals surface area contributed by atoms with Gasteiger partial charge in [-0.05, 0) is 0 Å². The van der Waals surface area contributed by atoms with Crippen LogP contribution < -0.4 is 15.4 Å². The zero-order valence-corrected chi connectivity index (χ0v) is 8.77. The average molecular weight is 217 g/mol. The lowest BCUT2D eigenvalue weighted by Gasteiger charge is -2.09. The topological polar surface area (TPSA) is 64.0 Å². The van der Waals surface area contributed by atoms with Crippen molar-refractivity contribution in [1.82, 2.24) is 14.5 Å².